The Morgan fingerprint density at radius 2 is 2.30 bits per heavy atom. The molecule has 0 spiro atoms. The molecule has 60 valence electrons. The summed E-state index contributed by atoms with van der Waals surface area (Å²) in [5.41, 5.74) is 0. The second-order valence-corrected chi connectivity index (χ2v) is 2.07. The maximum absolute atomic E-state index is 12.4. The third-order valence-electron chi connectivity index (χ3n) is 1.41. The number of hydrogen-bond donors (Lipinski definition) is 2. The van der Waals surface area contributed by atoms with Crippen molar-refractivity contribution in [1.29, 1.82) is 0 Å². The van der Waals surface area contributed by atoms with Gasteiger partial charge in [0.05, 0.1) is 0 Å². The van der Waals surface area contributed by atoms with E-state index in [4.69, 9.17) is 5.11 Å². The summed E-state index contributed by atoms with van der Waals surface area (Å²) in [5.74, 6) is -1.10. The molecule has 1 aliphatic rings. The molecule has 5 heteroatoms. The van der Waals surface area contributed by atoms with Crippen LogP contribution in [0.3, 0.4) is 0 Å². The molecule has 2 atom stereocenters. The van der Waals surface area contributed by atoms with Crippen molar-refractivity contribution in [2.45, 2.75) is 18.6 Å². The van der Waals surface area contributed by atoms with Crippen molar-refractivity contribution in [3.8, 4) is 0 Å². The fraction of sp³-hybridized carbons (Fsp3) is 0.800. The van der Waals surface area contributed by atoms with Crippen molar-refractivity contribution in [2.75, 3.05) is 6.54 Å². The number of alkyl halides is 1. The van der Waals surface area contributed by atoms with Crippen LogP contribution in [-0.4, -0.2) is 29.8 Å². The van der Waals surface area contributed by atoms with Gasteiger partial charge < -0.3 is 10.4 Å². The Labute approximate surface area is 64.0 Å². The molecule has 1 unspecified atom stereocenters. The van der Waals surface area contributed by atoms with Gasteiger partial charge in [-0.2, -0.15) is 0 Å². The monoisotopic (exact) mass is 169 g/mol. The number of carboxylic acid groups (broad SMARTS) is 1. The highest BCUT2D eigenvalue weighted by atomic mass is 35.5. The average Bonchev–Trinajstić information content (AvgIpc) is 2.13. The third kappa shape index (κ3) is 1.82. The van der Waals surface area contributed by atoms with Crippen molar-refractivity contribution >= 4 is 18.4 Å². The smallest absolute Gasteiger partial charge is 0.323 e. The van der Waals surface area contributed by atoms with Gasteiger partial charge in [0.1, 0.15) is 12.2 Å². The zero-order valence-electron chi connectivity index (χ0n) is 5.21. The number of rotatable bonds is 1. The number of carboxylic acids is 1. The summed E-state index contributed by atoms with van der Waals surface area (Å²) in [6.45, 7) is 0.470. The molecule has 1 aliphatic heterocycles. The molecule has 0 amide bonds. The number of carbonyl (C=O) groups is 1. The van der Waals surface area contributed by atoms with Gasteiger partial charge in [-0.25, -0.2) is 4.39 Å². The molecule has 0 aromatic rings. The summed E-state index contributed by atoms with van der Waals surface area (Å²) in [7, 11) is 0. The SMILES string of the molecule is Cl.O=C(O)[C@H]1NCCC1F. The van der Waals surface area contributed by atoms with Gasteiger partial charge >= 0.3 is 5.97 Å². The van der Waals surface area contributed by atoms with Crippen molar-refractivity contribution in [1.82, 2.24) is 5.32 Å². The van der Waals surface area contributed by atoms with Crippen LogP contribution in [-0.2, 0) is 4.79 Å². The molecule has 0 bridgehead atoms. The first-order chi connectivity index (χ1) is 4.22. The zero-order chi connectivity index (χ0) is 6.85. The Kier molecular flexibility index (Phi) is 3.60. The minimum Gasteiger partial charge on any atom is -0.480 e. The lowest BCUT2D eigenvalue weighted by Gasteiger charge is -2.04. The Morgan fingerprint density at radius 3 is 2.50 bits per heavy atom. The summed E-state index contributed by atoms with van der Waals surface area (Å²) in [4.78, 5) is 10.1. The molecule has 1 fully saturated rings. The molecule has 2 N–H and O–H groups in total. The molecule has 0 radical (unpaired) electrons. The van der Waals surface area contributed by atoms with Gasteiger partial charge in [-0.1, -0.05) is 0 Å². The number of nitrogens with one attached hydrogen (secondary N) is 1. The second-order valence-electron chi connectivity index (χ2n) is 2.07. The van der Waals surface area contributed by atoms with E-state index in [2.05, 4.69) is 5.32 Å². The largest absolute Gasteiger partial charge is 0.480 e. The Hall–Kier alpha value is -0.350. The highest BCUT2D eigenvalue weighted by molar-refractivity contribution is 5.85. The summed E-state index contributed by atoms with van der Waals surface area (Å²) in [5, 5.41) is 10.8. The van der Waals surface area contributed by atoms with E-state index in [1.165, 1.54) is 0 Å². The standard InChI is InChI=1S/C5H8FNO2.ClH/c6-3-1-2-7-4(3)5(8)9;/h3-4,7H,1-2H2,(H,8,9);1H/t3?,4-;/m0./s1. The topological polar surface area (TPSA) is 49.3 Å². The molecule has 0 aromatic carbocycles. The lowest BCUT2D eigenvalue weighted by Crippen LogP contribution is -2.36. The fourth-order valence-electron chi connectivity index (χ4n) is 0.913. The average molecular weight is 170 g/mol. The Morgan fingerprint density at radius 1 is 1.70 bits per heavy atom. The predicted octanol–water partition coefficient (Wildman–Crippen LogP) is 0.193. The second kappa shape index (κ2) is 3.73. The minimum atomic E-state index is -1.21. The van der Waals surface area contributed by atoms with Gasteiger partial charge in [0.25, 0.3) is 0 Å². The molecular formula is C5H9ClFNO2. The van der Waals surface area contributed by atoms with E-state index in [1.807, 2.05) is 0 Å². The van der Waals surface area contributed by atoms with Crippen LogP contribution in [0.1, 0.15) is 6.42 Å². The van der Waals surface area contributed by atoms with E-state index >= 15 is 0 Å². The van der Waals surface area contributed by atoms with Gasteiger partial charge in [0.2, 0.25) is 0 Å². The van der Waals surface area contributed by atoms with Gasteiger partial charge in [-0.05, 0) is 13.0 Å². The fourth-order valence-corrected chi connectivity index (χ4v) is 0.913. The lowest BCUT2D eigenvalue weighted by atomic mass is 10.2. The van der Waals surface area contributed by atoms with Crippen LogP contribution in [0.15, 0.2) is 0 Å². The summed E-state index contributed by atoms with van der Waals surface area (Å²) >= 11 is 0. The zero-order valence-corrected chi connectivity index (χ0v) is 6.03. The van der Waals surface area contributed by atoms with Crippen molar-refractivity contribution in [2.24, 2.45) is 0 Å². The molecule has 1 heterocycles. The first kappa shape index (κ1) is 9.65. The quantitative estimate of drug-likeness (QED) is 0.589. The van der Waals surface area contributed by atoms with Crippen LogP contribution in [0.5, 0.6) is 0 Å². The molecule has 1 saturated heterocycles. The molecule has 10 heavy (non-hydrogen) atoms. The van der Waals surface area contributed by atoms with Crippen LogP contribution < -0.4 is 5.32 Å². The summed E-state index contributed by atoms with van der Waals surface area (Å²) in [6, 6.07) is -0.968. The maximum atomic E-state index is 12.4. The van der Waals surface area contributed by atoms with Crippen LogP contribution >= 0.6 is 12.4 Å². The summed E-state index contributed by atoms with van der Waals surface area (Å²) < 4.78 is 12.4. The number of halogens is 2. The molecule has 1 rings (SSSR count). The number of hydrogen-bond acceptors (Lipinski definition) is 2. The Bertz CT molecular complexity index is 133. The first-order valence-corrected chi connectivity index (χ1v) is 2.82. The van der Waals surface area contributed by atoms with E-state index in [1.54, 1.807) is 0 Å². The summed E-state index contributed by atoms with van der Waals surface area (Å²) in [6.07, 6.45) is -0.890. The normalized spacial score (nSPS) is 31.3. The van der Waals surface area contributed by atoms with Crippen LogP contribution in [0.25, 0.3) is 0 Å². The molecule has 0 aromatic heterocycles. The highest BCUT2D eigenvalue weighted by Gasteiger charge is 2.32. The van der Waals surface area contributed by atoms with Crippen molar-refractivity contribution in [3.05, 3.63) is 0 Å². The van der Waals surface area contributed by atoms with Gasteiger partial charge in [0, 0.05) is 0 Å². The van der Waals surface area contributed by atoms with Crippen molar-refractivity contribution in [3.63, 3.8) is 0 Å². The number of aliphatic carboxylic acids is 1. The van der Waals surface area contributed by atoms with E-state index in [-0.39, 0.29) is 12.4 Å². The van der Waals surface area contributed by atoms with E-state index in [9.17, 15) is 9.18 Å². The lowest BCUT2D eigenvalue weighted by molar-refractivity contribution is -0.140. The van der Waals surface area contributed by atoms with Gasteiger partial charge in [0.15, 0.2) is 0 Å². The minimum absolute atomic E-state index is 0. The van der Waals surface area contributed by atoms with Crippen LogP contribution in [0, 0.1) is 0 Å². The first-order valence-electron chi connectivity index (χ1n) is 2.82. The van der Waals surface area contributed by atoms with E-state index < -0.39 is 18.2 Å². The molecule has 0 saturated carbocycles. The van der Waals surface area contributed by atoms with Crippen molar-refractivity contribution < 1.29 is 14.3 Å². The maximum Gasteiger partial charge on any atom is 0.323 e. The molecule has 3 nitrogen and oxygen atoms in total. The van der Waals surface area contributed by atoms with Crippen LogP contribution in [0.4, 0.5) is 4.39 Å². The van der Waals surface area contributed by atoms with Gasteiger partial charge in [-0.15, -0.1) is 12.4 Å². The van der Waals surface area contributed by atoms with Crippen LogP contribution in [0.2, 0.25) is 0 Å². The Balaban J connectivity index is 0.000000810. The molecular weight excluding hydrogens is 161 g/mol. The predicted molar refractivity (Wildman–Crippen MR) is 36.2 cm³/mol. The molecule has 0 aliphatic carbocycles. The van der Waals surface area contributed by atoms with E-state index in [0.29, 0.717) is 13.0 Å². The van der Waals surface area contributed by atoms with Gasteiger partial charge in [-0.3, -0.25) is 4.79 Å². The third-order valence-corrected chi connectivity index (χ3v) is 1.41. The van der Waals surface area contributed by atoms with E-state index in [0.717, 1.165) is 0 Å². The highest BCUT2D eigenvalue weighted by Crippen LogP contribution is 2.10.